The average Bonchev–Trinajstić information content (AvgIpc) is 2.17. The van der Waals surface area contributed by atoms with E-state index >= 15 is 0 Å². The number of carboxylic acid groups (broad SMARTS) is 1. The minimum absolute atomic E-state index is 0.0572. The Hall–Kier alpha value is -1.58. The fourth-order valence-corrected chi connectivity index (χ4v) is 1.27. The van der Waals surface area contributed by atoms with Gasteiger partial charge in [-0.05, 0) is 19.9 Å². The van der Waals surface area contributed by atoms with Crippen LogP contribution >= 0.6 is 0 Å². The van der Waals surface area contributed by atoms with E-state index in [1.165, 1.54) is 33.1 Å². The SMILES string of the molecule is COc1cccc(C(C)(C)C(=O)O)c1F. The number of hydrogen-bond acceptors (Lipinski definition) is 2. The van der Waals surface area contributed by atoms with Crippen LogP contribution in [0.1, 0.15) is 19.4 Å². The summed E-state index contributed by atoms with van der Waals surface area (Å²) in [5, 5.41) is 8.98. The summed E-state index contributed by atoms with van der Waals surface area (Å²) >= 11 is 0. The lowest BCUT2D eigenvalue weighted by Gasteiger charge is -2.21. The first kappa shape index (κ1) is 11.5. The summed E-state index contributed by atoms with van der Waals surface area (Å²) in [6, 6.07) is 4.48. The lowest BCUT2D eigenvalue weighted by atomic mass is 9.84. The smallest absolute Gasteiger partial charge is 0.313 e. The molecule has 0 radical (unpaired) electrons. The Labute approximate surface area is 87.5 Å². The summed E-state index contributed by atoms with van der Waals surface area (Å²) < 4.78 is 18.5. The number of hydrogen-bond donors (Lipinski definition) is 1. The number of carboxylic acids is 1. The second-order valence-electron chi connectivity index (χ2n) is 3.75. The van der Waals surface area contributed by atoms with Crippen LogP contribution in [-0.2, 0) is 10.2 Å². The molecule has 82 valence electrons. The lowest BCUT2D eigenvalue weighted by molar-refractivity contribution is -0.142. The van der Waals surface area contributed by atoms with Crippen molar-refractivity contribution in [3.63, 3.8) is 0 Å². The standard InChI is InChI=1S/C11H13FO3/c1-11(2,10(13)14)7-5-4-6-8(15-3)9(7)12/h4-6H,1-3H3,(H,13,14). The Morgan fingerprint density at radius 1 is 1.47 bits per heavy atom. The highest BCUT2D eigenvalue weighted by atomic mass is 19.1. The summed E-state index contributed by atoms with van der Waals surface area (Å²) in [6.45, 7) is 2.90. The number of carbonyl (C=O) groups is 1. The molecule has 1 N–H and O–H groups in total. The molecule has 1 aromatic carbocycles. The van der Waals surface area contributed by atoms with Crippen molar-refractivity contribution in [3.05, 3.63) is 29.6 Å². The van der Waals surface area contributed by atoms with Gasteiger partial charge in [0, 0.05) is 5.56 Å². The maximum absolute atomic E-state index is 13.7. The van der Waals surface area contributed by atoms with Crippen LogP contribution in [0.3, 0.4) is 0 Å². The molecule has 0 unspecified atom stereocenters. The van der Waals surface area contributed by atoms with E-state index in [9.17, 15) is 9.18 Å². The molecule has 15 heavy (non-hydrogen) atoms. The van der Waals surface area contributed by atoms with Crippen LogP contribution in [0.2, 0.25) is 0 Å². The van der Waals surface area contributed by atoms with E-state index in [0.29, 0.717) is 0 Å². The minimum Gasteiger partial charge on any atom is -0.494 e. The van der Waals surface area contributed by atoms with Crippen LogP contribution in [0, 0.1) is 5.82 Å². The number of methoxy groups -OCH3 is 1. The van der Waals surface area contributed by atoms with Gasteiger partial charge in [-0.2, -0.15) is 0 Å². The van der Waals surface area contributed by atoms with Crippen LogP contribution < -0.4 is 4.74 Å². The van der Waals surface area contributed by atoms with Crippen molar-refractivity contribution >= 4 is 5.97 Å². The lowest BCUT2D eigenvalue weighted by Crippen LogP contribution is -2.29. The molecule has 0 aliphatic heterocycles. The van der Waals surface area contributed by atoms with E-state index in [-0.39, 0.29) is 11.3 Å². The van der Waals surface area contributed by atoms with E-state index in [1.54, 1.807) is 6.07 Å². The first-order valence-corrected chi connectivity index (χ1v) is 4.47. The molecule has 1 rings (SSSR count). The second kappa shape index (κ2) is 3.88. The average molecular weight is 212 g/mol. The molecule has 1 aromatic rings. The molecule has 0 amide bonds. The molecule has 0 saturated heterocycles. The topological polar surface area (TPSA) is 46.5 Å². The predicted octanol–water partition coefficient (Wildman–Crippen LogP) is 2.20. The molecule has 0 aromatic heterocycles. The van der Waals surface area contributed by atoms with Crippen LogP contribution in [-0.4, -0.2) is 18.2 Å². The van der Waals surface area contributed by atoms with Gasteiger partial charge < -0.3 is 9.84 Å². The van der Waals surface area contributed by atoms with E-state index in [4.69, 9.17) is 9.84 Å². The van der Waals surface area contributed by atoms with Crippen LogP contribution in [0.15, 0.2) is 18.2 Å². The van der Waals surface area contributed by atoms with Crippen molar-refractivity contribution in [1.29, 1.82) is 0 Å². The van der Waals surface area contributed by atoms with Crippen molar-refractivity contribution in [3.8, 4) is 5.75 Å². The Kier molecular flexibility index (Phi) is 2.98. The molecule has 0 heterocycles. The Bertz CT molecular complexity index is 385. The molecule has 3 nitrogen and oxygen atoms in total. The van der Waals surface area contributed by atoms with Crippen LogP contribution in [0.4, 0.5) is 4.39 Å². The Morgan fingerprint density at radius 3 is 2.53 bits per heavy atom. The third kappa shape index (κ3) is 1.93. The highest BCUT2D eigenvalue weighted by molar-refractivity contribution is 5.80. The van der Waals surface area contributed by atoms with E-state index in [2.05, 4.69) is 0 Å². The quantitative estimate of drug-likeness (QED) is 0.835. The van der Waals surface area contributed by atoms with E-state index < -0.39 is 17.2 Å². The van der Waals surface area contributed by atoms with Crippen molar-refractivity contribution in [2.24, 2.45) is 0 Å². The van der Waals surface area contributed by atoms with Gasteiger partial charge in [0.1, 0.15) is 0 Å². The van der Waals surface area contributed by atoms with Gasteiger partial charge in [-0.25, -0.2) is 4.39 Å². The monoisotopic (exact) mass is 212 g/mol. The highest BCUT2D eigenvalue weighted by Crippen LogP contribution is 2.30. The predicted molar refractivity (Wildman–Crippen MR) is 53.6 cm³/mol. The number of halogens is 1. The first-order chi connectivity index (χ1) is 6.91. The molecule has 0 atom stereocenters. The number of benzene rings is 1. The largest absolute Gasteiger partial charge is 0.494 e. The van der Waals surface area contributed by atoms with Gasteiger partial charge in [0.15, 0.2) is 11.6 Å². The zero-order valence-electron chi connectivity index (χ0n) is 8.87. The molecule has 0 spiro atoms. The molecular weight excluding hydrogens is 199 g/mol. The summed E-state index contributed by atoms with van der Waals surface area (Å²) in [5.74, 6) is -1.64. The van der Waals surface area contributed by atoms with Crippen molar-refractivity contribution in [1.82, 2.24) is 0 Å². The van der Waals surface area contributed by atoms with Gasteiger partial charge in [0.2, 0.25) is 0 Å². The number of rotatable bonds is 3. The van der Waals surface area contributed by atoms with Gasteiger partial charge in [-0.1, -0.05) is 12.1 Å². The van der Waals surface area contributed by atoms with Gasteiger partial charge in [0.05, 0.1) is 12.5 Å². The summed E-state index contributed by atoms with van der Waals surface area (Å²) in [5.41, 5.74) is -1.15. The Morgan fingerprint density at radius 2 is 2.07 bits per heavy atom. The fourth-order valence-electron chi connectivity index (χ4n) is 1.27. The van der Waals surface area contributed by atoms with Crippen molar-refractivity contribution < 1.29 is 19.0 Å². The number of ether oxygens (including phenoxy) is 1. The van der Waals surface area contributed by atoms with E-state index in [0.717, 1.165) is 0 Å². The first-order valence-electron chi connectivity index (χ1n) is 4.47. The molecule has 0 saturated carbocycles. The maximum Gasteiger partial charge on any atom is 0.313 e. The third-order valence-electron chi connectivity index (χ3n) is 2.39. The third-order valence-corrected chi connectivity index (χ3v) is 2.39. The van der Waals surface area contributed by atoms with Crippen LogP contribution in [0.5, 0.6) is 5.75 Å². The van der Waals surface area contributed by atoms with Gasteiger partial charge in [-0.3, -0.25) is 4.79 Å². The van der Waals surface area contributed by atoms with Crippen molar-refractivity contribution in [2.45, 2.75) is 19.3 Å². The minimum atomic E-state index is -1.27. The fraction of sp³-hybridized carbons (Fsp3) is 0.364. The Balaban J connectivity index is 3.32. The zero-order valence-corrected chi connectivity index (χ0v) is 8.87. The second-order valence-corrected chi connectivity index (χ2v) is 3.75. The molecular formula is C11H13FO3. The molecule has 0 aliphatic carbocycles. The molecule has 0 aliphatic rings. The molecule has 4 heteroatoms. The summed E-state index contributed by atoms with van der Waals surface area (Å²) in [6.07, 6.45) is 0. The van der Waals surface area contributed by atoms with E-state index in [1.807, 2.05) is 0 Å². The zero-order chi connectivity index (χ0) is 11.6. The van der Waals surface area contributed by atoms with Gasteiger partial charge in [-0.15, -0.1) is 0 Å². The summed E-state index contributed by atoms with van der Waals surface area (Å²) in [7, 11) is 1.34. The molecule has 0 bridgehead atoms. The van der Waals surface area contributed by atoms with Gasteiger partial charge in [0.25, 0.3) is 0 Å². The summed E-state index contributed by atoms with van der Waals surface area (Å²) in [4.78, 5) is 11.0. The number of aliphatic carboxylic acids is 1. The molecule has 0 fully saturated rings. The van der Waals surface area contributed by atoms with Crippen molar-refractivity contribution in [2.75, 3.05) is 7.11 Å². The maximum atomic E-state index is 13.7. The van der Waals surface area contributed by atoms with Crippen LogP contribution in [0.25, 0.3) is 0 Å². The normalized spacial score (nSPS) is 11.2. The highest BCUT2D eigenvalue weighted by Gasteiger charge is 2.33. The van der Waals surface area contributed by atoms with Gasteiger partial charge >= 0.3 is 5.97 Å².